The van der Waals surface area contributed by atoms with Gasteiger partial charge in [0.15, 0.2) is 0 Å². The Morgan fingerprint density at radius 1 is 1.10 bits per heavy atom. The summed E-state index contributed by atoms with van der Waals surface area (Å²) in [5.74, 6) is 1.07. The molecule has 5 nitrogen and oxygen atoms in total. The molecule has 0 aliphatic heterocycles. The molecule has 1 saturated carbocycles. The number of aliphatic hydroxyl groups is 1. The van der Waals surface area contributed by atoms with Gasteiger partial charge in [-0.05, 0) is 95.4 Å². The molecule has 1 aliphatic rings. The van der Waals surface area contributed by atoms with Crippen LogP contribution in [0.2, 0.25) is 5.02 Å². The molecule has 0 atom stereocenters. The first kappa shape index (κ1) is 38.3. The maximum Gasteiger partial charge on any atom is 0.229 e. The van der Waals surface area contributed by atoms with E-state index in [0.717, 1.165) is 23.4 Å². The van der Waals surface area contributed by atoms with Crippen LogP contribution in [0.4, 0.5) is 0 Å². The Bertz CT molecular complexity index is 1030. The Morgan fingerprint density at radius 3 is 2.03 bits per heavy atom. The van der Waals surface area contributed by atoms with E-state index in [1.807, 2.05) is 71.0 Å². The van der Waals surface area contributed by atoms with Crippen molar-refractivity contribution in [2.45, 2.75) is 94.1 Å². The molecule has 1 amide bonds. The standard InChI is InChI=1S/C18H26N2O2.C8H9Cl.C5H10O.C2H6/c1-9-10-11-18(12-14(4)22-8)20(17(7)21)16(6)19-15(5)13(2)3;1-6-3-4-8(9)5-7(6)2;6-5-3-1-2-4-5;1-2/h9-12H,2,5H2,1,3-4,6-8H3;3-5H,1-2H3;5-6H,1-4H2;1-2H3/b10-9+,14-12+,18-11+,19-16?;;;. The number of amides is 1. The van der Waals surface area contributed by atoms with E-state index in [1.165, 1.54) is 35.8 Å². The van der Waals surface area contributed by atoms with Gasteiger partial charge in [-0.1, -0.05) is 69.7 Å². The Balaban J connectivity index is 0. The van der Waals surface area contributed by atoms with Gasteiger partial charge >= 0.3 is 0 Å². The zero-order valence-corrected chi connectivity index (χ0v) is 26.7. The molecule has 0 spiro atoms. The van der Waals surface area contributed by atoms with Gasteiger partial charge in [0.1, 0.15) is 5.84 Å². The number of carbonyl (C=O) groups excluding carboxylic acids is 1. The second-order valence-corrected chi connectivity index (χ2v) is 9.42. The number of nitrogens with zero attached hydrogens (tertiary/aromatic N) is 2. The van der Waals surface area contributed by atoms with Crippen LogP contribution in [-0.2, 0) is 9.53 Å². The van der Waals surface area contributed by atoms with Crippen molar-refractivity contribution < 1.29 is 14.6 Å². The molecule has 2 rings (SSSR count). The molecular weight excluding hydrogens is 508 g/mol. The van der Waals surface area contributed by atoms with Crippen molar-refractivity contribution in [3.8, 4) is 0 Å². The fourth-order valence-corrected chi connectivity index (χ4v) is 3.42. The van der Waals surface area contributed by atoms with Crippen LogP contribution in [-0.4, -0.2) is 35.0 Å². The van der Waals surface area contributed by atoms with E-state index in [9.17, 15) is 4.79 Å². The number of ether oxygens (including phenoxy) is 1. The van der Waals surface area contributed by atoms with Crippen molar-refractivity contribution in [2.24, 2.45) is 4.99 Å². The fraction of sp³-hybridized carbons (Fsp3) is 0.455. The van der Waals surface area contributed by atoms with E-state index < -0.39 is 0 Å². The Labute approximate surface area is 243 Å². The summed E-state index contributed by atoms with van der Waals surface area (Å²) in [4.78, 5) is 17.9. The highest BCUT2D eigenvalue weighted by molar-refractivity contribution is 6.30. The van der Waals surface area contributed by atoms with Gasteiger partial charge in [0.05, 0.1) is 30.4 Å². The monoisotopic (exact) mass is 558 g/mol. The van der Waals surface area contributed by atoms with Crippen molar-refractivity contribution in [3.63, 3.8) is 0 Å². The minimum atomic E-state index is -0.147. The molecule has 0 bridgehead atoms. The molecule has 0 aromatic heterocycles. The first-order chi connectivity index (χ1) is 18.3. The molecule has 0 unspecified atom stereocenters. The van der Waals surface area contributed by atoms with Gasteiger partial charge in [0.25, 0.3) is 0 Å². The normalized spacial score (nSPS) is 13.8. The van der Waals surface area contributed by atoms with Crippen LogP contribution in [0.1, 0.15) is 85.3 Å². The van der Waals surface area contributed by atoms with Crippen LogP contribution in [0, 0.1) is 13.8 Å². The molecule has 0 radical (unpaired) electrons. The topological polar surface area (TPSA) is 62.1 Å². The second kappa shape index (κ2) is 22.0. The lowest BCUT2D eigenvalue weighted by Crippen LogP contribution is -2.32. The van der Waals surface area contributed by atoms with Crippen molar-refractivity contribution in [3.05, 3.63) is 94.5 Å². The van der Waals surface area contributed by atoms with Crippen LogP contribution in [0.15, 0.2) is 83.4 Å². The number of allylic oxidation sites excluding steroid dienone is 6. The number of aryl methyl sites for hydroxylation is 2. The van der Waals surface area contributed by atoms with Crippen molar-refractivity contribution >= 4 is 23.3 Å². The molecule has 0 heterocycles. The molecule has 39 heavy (non-hydrogen) atoms. The Hall–Kier alpha value is -2.89. The zero-order valence-electron chi connectivity index (χ0n) is 25.9. The van der Waals surface area contributed by atoms with Gasteiger partial charge in [-0.2, -0.15) is 0 Å². The van der Waals surface area contributed by atoms with Crippen LogP contribution in [0.3, 0.4) is 0 Å². The second-order valence-electron chi connectivity index (χ2n) is 8.98. The number of carbonyl (C=O) groups is 1. The number of halogens is 1. The highest BCUT2D eigenvalue weighted by Crippen LogP contribution is 2.17. The first-order valence-corrected chi connectivity index (χ1v) is 13.9. The maximum absolute atomic E-state index is 12.1. The number of hydrogen-bond acceptors (Lipinski definition) is 4. The summed E-state index contributed by atoms with van der Waals surface area (Å²) in [6, 6.07) is 5.90. The van der Waals surface area contributed by atoms with Crippen LogP contribution in [0.5, 0.6) is 0 Å². The van der Waals surface area contributed by atoms with E-state index in [1.54, 1.807) is 20.1 Å². The Kier molecular flexibility index (Phi) is 21.6. The van der Waals surface area contributed by atoms with Crippen molar-refractivity contribution in [1.29, 1.82) is 0 Å². The van der Waals surface area contributed by atoms with Gasteiger partial charge in [0.2, 0.25) is 5.91 Å². The maximum atomic E-state index is 12.1. The summed E-state index contributed by atoms with van der Waals surface area (Å²) in [6.07, 6.45) is 11.9. The predicted molar refractivity (Wildman–Crippen MR) is 170 cm³/mol. The fourth-order valence-electron chi connectivity index (χ4n) is 3.20. The summed E-state index contributed by atoms with van der Waals surface area (Å²) >= 11 is 5.72. The van der Waals surface area contributed by atoms with Gasteiger partial charge in [-0.15, -0.1) is 0 Å². The van der Waals surface area contributed by atoms with Crippen molar-refractivity contribution in [2.75, 3.05) is 7.11 Å². The summed E-state index contributed by atoms with van der Waals surface area (Å²) in [5, 5.41) is 9.55. The average Bonchev–Trinajstić information content (AvgIpc) is 3.37. The largest absolute Gasteiger partial charge is 0.501 e. The third kappa shape index (κ3) is 17.3. The summed E-state index contributed by atoms with van der Waals surface area (Å²) in [6.45, 7) is 24.6. The highest BCUT2D eigenvalue weighted by Gasteiger charge is 2.16. The first-order valence-electron chi connectivity index (χ1n) is 13.5. The van der Waals surface area contributed by atoms with Gasteiger partial charge in [-0.3, -0.25) is 9.69 Å². The lowest BCUT2D eigenvalue weighted by molar-refractivity contribution is -0.123. The predicted octanol–water partition coefficient (Wildman–Crippen LogP) is 9.26. The SMILES string of the molecule is C=C(C)C(=C)N=C(C)N(C(C)=O)C(/C=C(\C)OC)=C/C=C/C.CC.Cc1ccc(Cl)cc1C.OC1CCCC1. The average molecular weight is 559 g/mol. The number of benzene rings is 1. The van der Waals surface area contributed by atoms with Gasteiger partial charge in [-0.25, -0.2) is 4.99 Å². The quantitative estimate of drug-likeness (QED) is 0.164. The molecule has 218 valence electrons. The number of aliphatic imine (C=N–C) groups is 1. The van der Waals surface area contributed by atoms with Gasteiger partial charge in [0, 0.05) is 11.9 Å². The number of amidine groups is 1. The van der Waals surface area contributed by atoms with E-state index in [-0.39, 0.29) is 12.0 Å². The molecular formula is C33H51ClN2O3. The van der Waals surface area contributed by atoms with E-state index >= 15 is 0 Å². The van der Waals surface area contributed by atoms with E-state index in [4.69, 9.17) is 21.4 Å². The smallest absolute Gasteiger partial charge is 0.229 e. The molecule has 1 aromatic rings. The van der Waals surface area contributed by atoms with Crippen LogP contribution >= 0.6 is 11.6 Å². The third-order valence-electron chi connectivity index (χ3n) is 5.61. The number of methoxy groups -OCH3 is 1. The van der Waals surface area contributed by atoms with E-state index in [2.05, 4.69) is 32.0 Å². The van der Waals surface area contributed by atoms with Crippen LogP contribution < -0.4 is 0 Å². The minimum Gasteiger partial charge on any atom is -0.501 e. The number of rotatable bonds is 6. The molecule has 1 aromatic carbocycles. The molecule has 1 aliphatic carbocycles. The summed E-state index contributed by atoms with van der Waals surface area (Å²) < 4.78 is 5.18. The highest BCUT2D eigenvalue weighted by atomic mass is 35.5. The minimum absolute atomic E-state index is 0.0463. The molecule has 6 heteroatoms. The number of hydrogen-bond donors (Lipinski definition) is 1. The lowest BCUT2D eigenvalue weighted by atomic mass is 10.1. The lowest BCUT2D eigenvalue weighted by Gasteiger charge is -2.22. The Morgan fingerprint density at radius 2 is 1.67 bits per heavy atom. The molecule has 0 saturated heterocycles. The number of aliphatic hydroxyl groups excluding tert-OH is 1. The van der Waals surface area contributed by atoms with E-state index in [0.29, 0.717) is 23.0 Å². The van der Waals surface area contributed by atoms with Gasteiger partial charge < -0.3 is 9.84 Å². The summed E-state index contributed by atoms with van der Waals surface area (Å²) in [5.41, 5.74) is 4.51. The summed E-state index contributed by atoms with van der Waals surface area (Å²) in [7, 11) is 1.58. The van der Waals surface area contributed by atoms with Crippen LogP contribution in [0.25, 0.3) is 0 Å². The van der Waals surface area contributed by atoms with Crippen molar-refractivity contribution in [1.82, 2.24) is 4.90 Å². The third-order valence-corrected chi connectivity index (χ3v) is 5.85. The molecule has 1 fully saturated rings. The zero-order chi connectivity index (χ0) is 30.5. The molecule has 1 N–H and O–H groups in total.